The molecule has 0 fully saturated rings. The average Bonchev–Trinajstić information content (AvgIpc) is 2.49. The van der Waals surface area contributed by atoms with Crippen molar-refractivity contribution in [1.29, 1.82) is 0 Å². The van der Waals surface area contributed by atoms with E-state index >= 15 is 0 Å². The molecule has 0 radical (unpaired) electrons. The number of carbonyl (C=O) groups is 1. The van der Waals surface area contributed by atoms with Gasteiger partial charge in [0.15, 0.2) is 0 Å². The van der Waals surface area contributed by atoms with E-state index in [0.717, 1.165) is 19.3 Å². The largest absolute Gasteiger partial charge is 0.321 e. The second-order valence-corrected chi connectivity index (χ2v) is 7.43. The molecule has 3 heteroatoms. The summed E-state index contributed by atoms with van der Waals surface area (Å²) in [6.45, 7) is 6.44. The summed E-state index contributed by atoms with van der Waals surface area (Å²) in [5.74, 6) is 0. The Bertz CT molecular complexity index is 245. The zero-order chi connectivity index (χ0) is 15.9. The van der Waals surface area contributed by atoms with Crippen molar-refractivity contribution in [2.24, 2.45) is 5.73 Å². The molecule has 0 saturated heterocycles. The van der Waals surface area contributed by atoms with E-state index in [-0.39, 0.29) is 11.2 Å². The van der Waals surface area contributed by atoms with E-state index in [1.807, 2.05) is 6.92 Å². The van der Waals surface area contributed by atoms with Crippen LogP contribution in [0.5, 0.6) is 0 Å². The molecule has 21 heavy (non-hydrogen) atoms. The van der Waals surface area contributed by atoms with Crippen LogP contribution >= 0.6 is 11.8 Å². The number of nitrogens with two attached hydrogens (primary N) is 1. The Morgan fingerprint density at radius 1 is 0.857 bits per heavy atom. The summed E-state index contributed by atoms with van der Waals surface area (Å²) in [6, 6.07) is -0.270. The van der Waals surface area contributed by atoms with Crippen LogP contribution in [-0.4, -0.2) is 16.4 Å². The Labute approximate surface area is 137 Å². The number of rotatable bonds is 14. The molecule has 126 valence electrons. The van der Waals surface area contributed by atoms with Crippen molar-refractivity contribution >= 4 is 16.9 Å². The number of carbonyl (C=O) groups excluding carboxylic acids is 1. The van der Waals surface area contributed by atoms with Gasteiger partial charge >= 0.3 is 0 Å². The van der Waals surface area contributed by atoms with E-state index in [0.29, 0.717) is 5.25 Å². The highest BCUT2D eigenvalue weighted by Crippen LogP contribution is 2.25. The molecule has 0 aromatic heterocycles. The first kappa shape index (κ1) is 21.0. The fraction of sp³-hybridized carbons (Fsp3) is 0.944. The summed E-state index contributed by atoms with van der Waals surface area (Å²) in [4.78, 5) is 11.9. The summed E-state index contributed by atoms with van der Waals surface area (Å²) in [5, 5.41) is 0.677. The van der Waals surface area contributed by atoms with Crippen LogP contribution in [0.2, 0.25) is 0 Å². The van der Waals surface area contributed by atoms with Crippen molar-refractivity contribution in [1.82, 2.24) is 0 Å². The second-order valence-electron chi connectivity index (χ2n) is 6.13. The summed E-state index contributed by atoms with van der Waals surface area (Å²) >= 11 is 1.51. The molecule has 0 rings (SSSR count). The predicted octanol–water partition coefficient (Wildman–Crippen LogP) is 5.68. The molecule has 2 unspecified atom stereocenters. The highest BCUT2D eigenvalue weighted by atomic mass is 32.2. The molecule has 0 aliphatic carbocycles. The lowest BCUT2D eigenvalue weighted by molar-refractivity contribution is -0.112. The average molecular weight is 316 g/mol. The second kappa shape index (κ2) is 14.9. The summed E-state index contributed by atoms with van der Waals surface area (Å²) in [5.41, 5.74) is 5.82. The van der Waals surface area contributed by atoms with E-state index in [2.05, 4.69) is 13.8 Å². The molecule has 0 aliphatic heterocycles. The number of thioether (sulfide) groups is 1. The van der Waals surface area contributed by atoms with Gasteiger partial charge in [0.25, 0.3) is 0 Å². The van der Waals surface area contributed by atoms with Gasteiger partial charge in [-0.15, -0.1) is 0 Å². The molecule has 0 amide bonds. The standard InChI is InChI=1S/C18H37NOS/c1-4-7-8-9-10-11-12-13-15-16(14-5-2)21-18(20)17(19)6-3/h16-17H,4-15,19H2,1-3H3. The monoisotopic (exact) mass is 315 g/mol. The van der Waals surface area contributed by atoms with E-state index < -0.39 is 0 Å². The molecular formula is C18H37NOS. The third kappa shape index (κ3) is 12.2. The van der Waals surface area contributed by atoms with Crippen molar-refractivity contribution in [3.8, 4) is 0 Å². The Kier molecular flexibility index (Phi) is 14.9. The lowest BCUT2D eigenvalue weighted by Crippen LogP contribution is -2.28. The zero-order valence-electron chi connectivity index (χ0n) is 14.5. The summed E-state index contributed by atoms with van der Waals surface area (Å²) in [7, 11) is 0. The maximum absolute atomic E-state index is 11.9. The van der Waals surface area contributed by atoms with E-state index in [1.165, 1.54) is 69.5 Å². The summed E-state index contributed by atoms with van der Waals surface area (Å²) < 4.78 is 0. The minimum atomic E-state index is -0.270. The number of hydrogen-bond donors (Lipinski definition) is 1. The third-order valence-corrected chi connectivity index (χ3v) is 5.36. The number of unbranched alkanes of at least 4 members (excludes halogenated alkanes) is 7. The first-order chi connectivity index (χ1) is 10.2. The minimum absolute atomic E-state index is 0.190. The molecule has 2 N–H and O–H groups in total. The van der Waals surface area contributed by atoms with Crippen molar-refractivity contribution in [3.05, 3.63) is 0 Å². The van der Waals surface area contributed by atoms with Crippen molar-refractivity contribution < 1.29 is 4.79 Å². The Morgan fingerprint density at radius 2 is 1.43 bits per heavy atom. The van der Waals surface area contributed by atoms with Crippen LogP contribution in [0, 0.1) is 0 Å². The van der Waals surface area contributed by atoms with Gasteiger partial charge in [-0.25, -0.2) is 0 Å². The maximum atomic E-state index is 11.9. The molecule has 2 nitrogen and oxygen atoms in total. The Morgan fingerprint density at radius 3 is 1.95 bits per heavy atom. The van der Waals surface area contributed by atoms with Gasteiger partial charge in [-0.1, -0.05) is 90.3 Å². The molecular weight excluding hydrogens is 278 g/mol. The maximum Gasteiger partial charge on any atom is 0.205 e. The van der Waals surface area contributed by atoms with Gasteiger partial charge in [0, 0.05) is 5.25 Å². The van der Waals surface area contributed by atoms with Gasteiger partial charge in [-0.3, -0.25) is 4.79 Å². The lowest BCUT2D eigenvalue weighted by Gasteiger charge is -2.16. The van der Waals surface area contributed by atoms with Gasteiger partial charge < -0.3 is 5.73 Å². The first-order valence-corrected chi connectivity index (χ1v) is 9.99. The smallest absolute Gasteiger partial charge is 0.205 e. The molecule has 0 aliphatic rings. The van der Waals surface area contributed by atoms with E-state index in [1.54, 1.807) is 0 Å². The molecule has 0 aromatic rings. The molecule has 0 spiro atoms. The minimum Gasteiger partial charge on any atom is -0.321 e. The molecule has 2 atom stereocenters. The molecule has 0 saturated carbocycles. The number of hydrogen-bond acceptors (Lipinski definition) is 3. The van der Waals surface area contributed by atoms with Crippen LogP contribution in [0.4, 0.5) is 0 Å². The SMILES string of the molecule is CCCCCCCCCCC(CCC)SC(=O)C(N)CC. The molecule has 0 heterocycles. The van der Waals surface area contributed by atoms with Crippen LogP contribution in [0.25, 0.3) is 0 Å². The fourth-order valence-electron chi connectivity index (χ4n) is 2.51. The van der Waals surface area contributed by atoms with Crippen LogP contribution in [-0.2, 0) is 4.79 Å². The summed E-state index contributed by atoms with van der Waals surface area (Å²) in [6.07, 6.45) is 15.0. The van der Waals surface area contributed by atoms with Crippen molar-refractivity contribution in [2.75, 3.05) is 0 Å². The normalized spacial score (nSPS) is 14.1. The van der Waals surface area contributed by atoms with E-state index in [4.69, 9.17) is 5.73 Å². The van der Waals surface area contributed by atoms with Gasteiger partial charge in [0.1, 0.15) is 0 Å². The molecule has 0 aromatic carbocycles. The van der Waals surface area contributed by atoms with Gasteiger partial charge in [-0.2, -0.15) is 0 Å². The fourth-order valence-corrected chi connectivity index (χ4v) is 3.82. The van der Waals surface area contributed by atoms with Crippen molar-refractivity contribution in [3.63, 3.8) is 0 Å². The Balaban J connectivity index is 3.72. The van der Waals surface area contributed by atoms with Crippen molar-refractivity contribution in [2.45, 2.75) is 109 Å². The van der Waals surface area contributed by atoms with Crippen LogP contribution < -0.4 is 5.73 Å². The quantitative estimate of drug-likeness (QED) is 0.419. The lowest BCUT2D eigenvalue weighted by atomic mass is 10.1. The van der Waals surface area contributed by atoms with E-state index in [9.17, 15) is 4.79 Å². The van der Waals surface area contributed by atoms with Gasteiger partial charge in [0.2, 0.25) is 5.12 Å². The van der Waals surface area contributed by atoms with Gasteiger partial charge in [-0.05, 0) is 19.3 Å². The zero-order valence-corrected chi connectivity index (χ0v) is 15.4. The van der Waals surface area contributed by atoms with Gasteiger partial charge in [0.05, 0.1) is 6.04 Å². The van der Waals surface area contributed by atoms with Crippen LogP contribution in [0.15, 0.2) is 0 Å². The third-order valence-electron chi connectivity index (χ3n) is 4.02. The highest BCUT2D eigenvalue weighted by molar-refractivity contribution is 8.14. The topological polar surface area (TPSA) is 43.1 Å². The highest BCUT2D eigenvalue weighted by Gasteiger charge is 2.18. The van der Waals surface area contributed by atoms with Crippen LogP contribution in [0.3, 0.4) is 0 Å². The Hall–Kier alpha value is -0.0200. The molecule has 0 bridgehead atoms. The first-order valence-electron chi connectivity index (χ1n) is 9.11. The van der Waals surface area contributed by atoms with Crippen LogP contribution in [0.1, 0.15) is 97.8 Å². The predicted molar refractivity (Wildman–Crippen MR) is 96.8 cm³/mol.